The fraction of sp³-hybridized carbons (Fsp3) is 0.500. The predicted molar refractivity (Wildman–Crippen MR) is 64.5 cm³/mol. The number of aryl methyl sites for hydroxylation is 1. The molecule has 0 spiro atoms. The van der Waals surface area contributed by atoms with Gasteiger partial charge in [-0.1, -0.05) is 31.5 Å². The number of hydrogen-bond acceptors (Lipinski definition) is 2. The Morgan fingerprint density at radius 3 is 2.60 bits per heavy atom. The molecule has 0 saturated heterocycles. The molecule has 0 fully saturated rings. The van der Waals surface area contributed by atoms with Crippen LogP contribution in [-0.4, -0.2) is 13.2 Å². The van der Waals surface area contributed by atoms with Crippen LogP contribution in [0, 0.1) is 12.3 Å². The summed E-state index contributed by atoms with van der Waals surface area (Å²) in [7, 11) is 0. The lowest BCUT2D eigenvalue weighted by Crippen LogP contribution is -2.30. The van der Waals surface area contributed by atoms with E-state index in [2.05, 4.69) is 13.8 Å². The first-order valence-corrected chi connectivity index (χ1v) is 5.41. The van der Waals surface area contributed by atoms with Crippen LogP contribution in [0.4, 0.5) is 0 Å². The molecule has 84 valence electrons. The van der Waals surface area contributed by atoms with E-state index in [9.17, 15) is 0 Å². The molecule has 0 aliphatic rings. The van der Waals surface area contributed by atoms with Gasteiger partial charge in [0, 0.05) is 12.0 Å². The van der Waals surface area contributed by atoms with Crippen molar-refractivity contribution in [3.05, 3.63) is 28.8 Å². The monoisotopic (exact) mass is 227 g/mol. The number of hydrogen-bond donors (Lipinski definition) is 1. The molecule has 2 nitrogen and oxygen atoms in total. The zero-order chi connectivity index (χ0) is 11.5. The van der Waals surface area contributed by atoms with Gasteiger partial charge >= 0.3 is 0 Å². The van der Waals surface area contributed by atoms with Crippen LogP contribution in [0.1, 0.15) is 19.4 Å². The number of benzene rings is 1. The largest absolute Gasteiger partial charge is 0.491 e. The zero-order valence-electron chi connectivity index (χ0n) is 9.51. The van der Waals surface area contributed by atoms with Crippen LogP contribution in [0.3, 0.4) is 0 Å². The van der Waals surface area contributed by atoms with Crippen LogP contribution in [0.25, 0.3) is 0 Å². The lowest BCUT2D eigenvalue weighted by molar-refractivity contribution is 0.187. The molecule has 0 bridgehead atoms. The highest BCUT2D eigenvalue weighted by Crippen LogP contribution is 2.26. The van der Waals surface area contributed by atoms with Crippen molar-refractivity contribution in [3.8, 4) is 5.75 Å². The van der Waals surface area contributed by atoms with Crippen molar-refractivity contribution in [1.29, 1.82) is 0 Å². The maximum Gasteiger partial charge on any atom is 0.137 e. The second kappa shape index (κ2) is 4.86. The molecule has 0 amide bonds. The molecule has 0 aliphatic heterocycles. The molecule has 3 heteroatoms. The van der Waals surface area contributed by atoms with E-state index in [-0.39, 0.29) is 5.41 Å². The van der Waals surface area contributed by atoms with Crippen molar-refractivity contribution in [2.45, 2.75) is 20.8 Å². The first-order chi connectivity index (χ1) is 6.94. The normalized spacial score (nSPS) is 11.5. The summed E-state index contributed by atoms with van der Waals surface area (Å²) in [6.45, 7) is 7.30. The summed E-state index contributed by atoms with van der Waals surface area (Å²) in [4.78, 5) is 0. The fourth-order valence-corrected chi connectivity index (χ4v) is 1.34. The number of rotatable bonds is 4. The Morgan fingerprint density at radius 1 is 1.40 bits per heavy atom. The zero-order valence-corrected chi connectivity index (χ0v) is 10.3. The van der Waals surface area contributed by atoms with Gasteiger partial charge in [-0.3, -0.25) is 0 Å². The first kappa shape index (κ1) is 12.3. The van der Waals surface area contributed by atoms with Crippen LogP contribution in [0.5, 0.6) is 5.75 Å². The highest BCUT2D eigenvalue weighted by Gasteiger charge is 2.17. The molecule has 2 N–H and O–H groups in total. The van der Waals surface area contributed by atoms with Crippen molar-refractivity contribution < 1.29 is 4.74 Å². The Bertz CT molecular complexity index is 336. The molecule has 0 heterocycles. The molecule has 0 aliphatic carbocycles. The molecule has 1 rings (SSSR count). The molecular formula is C12H18ClNO. The third kappa shape index (κ3) is 3.73. The second-order valence-corrected chi connectivity index (χ2v) is 5.00. The minimum Gasteiger partial charge on any atom is -0.491 e. The van der Waals surface area contributed by atoms with Gasteiger partial charge in [-0.25, -0.2) is 0 Å². The summed E-state index contributed by atoms with van der Waals surface area (Å²) in [5.41, 5.74) is 6.73. The summed E-state index contributed by atoms with van der Waals surface area (Å²) >= 11 is 6.05. The third-order valence-electron chi connectivity index (χ3n) is 2.26. The summed E-state index contributed by atoms with van der Waals surface area (Å²) < 4.78 is 5.64. The lowest BCUT2D eigenvalue weighted by Gasteiger charge is -2.22. The topological polar surface area (TPSA) is 35.2 Å². The van der Waals surface area contributed by atoms with Gasteiger partial charge < -0.3 is 10.5 Å². The lowest BCUT2D eigenvalue weighted by atomic mass is 9.95. The molecule has 0 atom stereocenters. The maximum absolute atomic E-state index is 6.05. The van der Waals surface area contributed by atoms with Crippen molar-refractivity contribution >= 4 is 11.6 Å². The molecule has 0 unspecified atom stereocenters. The van der Waals surface area contributed by atoms with E-state index >= 15 is 0 Å². The molecule has 0 saturated carbocycles. The number of nitrogens with two attached hydrogens (primary N) is 1. The Kier molecular flexibility index (Phi) is 4.00. The Labute approximate surface area is 96.4 Å². The quantitative estimate of drug-likeness (QED) is 0.858. The van der Waals surface area contributed by atoms with E-state index in [1.54, 1.807) is 0 Å². The minimum atomic E-state index is -0.0196. The van der Waals surface area contributed by atoms with Gasteiger partial charge in [0.15, 0.2) is 0 Å². The predicted octanol–water partition coefficient (Wildman–Crippen LogP) is 3.01. The molecule has 0 radical (unpaired) electrons. The van der Waals surface area contributed by atoms with Crippen molar-refractivity contribution in [2.75, 3.05) is 13.2 Å². The molecule has 15 heavy (non-hydrogen) atoms. The summed E-state index contributed by atoms with van der Waals surface area (Å²) in [6, 6.07) is 5.77. The van der Waals surface area contributed by atoms with Crippen LogP contribution >= 0.6 is 11.6 Å². The van der Waals surface area contributed by atoms with E-state index in [1.165, 1.54) is 0 Å². The maximum atomic E-state index is 6.05. The molecule has 1 aromatic rings. The van der Waals surface area contributed by atoms with Crippen LogP contribution in [-0.2, 0) is 0 Å². The van der Waals surface area contributed by atoms with Gasteiger partial charge in [0.25, 0.3) is 0 Å². The van der Waals surface area contributed by atoms with Gasteiger partial charge in [0.05, 0.1) is 11.6 Å². The molecule has 0 aromatic heterocycles. The number of ether oxygens (including phenoxy) is 1. The first-order valence-electron chi connectivity index (χ1n) is 5.04. The van der Waals surface area contributed by atoms with Crippen LogP contribution in [0.2, 0.25) is 5.02 Å². The Balaban J connectivity index is 2.66. The van der Waals surface area contributed by atoms with Crippen LogP contribution < -0.4 is 10.5 Å². The minimum absolute atomic E-state index is 0.0196. The Morgan fingerprint density at radius 2 is 2.07 bits per heavy atom. The molecular weight excluding hydrogens is 210 g/mol. The van der Waals surface area contributed by atoms with Crippen molar-refractivity contribution in [1.82, 2.24) is 0 Å². The van der Waals surface area contributed by atoms with E-state index in [0.29, 0.717) is 18.2 Å². The van der Waals surface area contributed by atoms with Gasteiger partial charge in [-0.2, -0.15) is 0 Å². The second-order valence-electron chi connectivity index (χ2n) is 4.59. The van der Waals surface area contributed by atoms with Crippen LogP contribution in [0.15, 0.2) is 18.2 Å². The summed E-state index contributed by atoms with van der Waals surface area (Å²) in [5, 5.41) is 0.655. The summed E-state index contributed by atoms with van der Waals surface area (Å²) in [6.07, 6.45) is 0. The van der Waals surface area contributed by atoms with E-state index in [4.69, 9.17) is 22.1 Å². The van der Waals surface area contributed by atoms with E-state index in [0.717, 1.165) is 11.3 Å². The van der Waals surface area contributed by atoms with Gasteiger partial charge in [0.2, 0.25) is 0 Å². The van der Waals surface area contributed by atoms with Crippen molar-refractivity contribution in [2.24, 2.45) is 11.1 Å². The smallest absolute Gasteiger partial charge is 0.137 e. The average molecular weight is 228 g/mol. The average Bonchev–Trinajstić information content (AvgIpc) is 2.16. The van der Waals surface area contributed by atoms with E-state index in [1.807, 2.05) is 25.1 Å². The SMILES string of the molecule is Cc1ccc(OCC(C)(C)CN)c(Cl)c1. The molecule has 1 aromatic carbocycles. The third-order valence-corrected chi connectivity index (χ3v) is 2.55. The highest BCUT2D eigenvalue weighted by molar-refractivity contribution is 6.32. The van der Waals surface area contributed by atoms with Gasteiger partial charge in [-0.05, 0) is 24.6 Å². The Hall–Kier alpha value is -0.730. The highest BCUT2D eigenvalue weighted by atomic mass is 35.5. The summed E-state index contributed by atoms with van der Waals surface area (Å²) in [5.74, 6) is 0.726. The fourth-order valence-electron chi connectivity index (χ4n) is 1.05. The number of halogens is 1. The van der Waals surface area contributed by atoms with Gasteiger partial charge in [0.1, 0.15) is 5.75 Å². The van der Waals surface area contributed by atoms with E-state index < -0.39 is 0 Å². The van der Waals surface area contributed by atoms with Crippen molar-refractivity contribution in [3.63, 3.8) is 0 Å². The van der Waals surface area contributed by atoms with Gasteiger partial charge in [-0.15, -0.1) is 0 Å². The standard InChI is InChI=1S/C12H18ClNO/c1-9-4-5-11(10(13)6-9)15-8-12(2,3)7-14/h4-6H,7-8,14H2,1-3H3.